The van der Waals surface area contributed by atoms with Gasteiger partial charge in [-0.15, -0.1) is 0 Å². The van der Waals surface area contributed by atoms with Gasteiger partial charge in [-0.3, -0.25) is 0 Å². The lowest BCUT2D eigenvalue weighted by atomic mass is 10.1. The van der Waals surface area contributed by atoms with E-state index in [1.807, 2.05) is 36.4 Å². The van der Waals surface area contributed by atoms with Crippen LogP contribution in [0.4, 0.5) is 28.4 Å². The highest BCUT2D eigenvalue weighted by molar-refractivity contribution is 7.21. The standard InChI is InChI=1S/C30H31N7OS/c1-2-6-21-9-11-23(12-10-21)31-29-32-24(19-22-7-4-3-5-8-22)20-26(34-29)35-30-33-25-13-14-27(36-28(25)39-30)37-15-17-38-18-16-37/h3-5,7-14,20H,2,6,15-19H2,1H3,(H2,31,32,33,34,35). The fourth-order valence-corrected chi connectivity index (χ4v) is 5.46. The van der Waals surface area contributed by atoms with E-state index in [1.165, 1.54) is 22.5 Å². The summed E-state index contributed by atoms with van der Waals surface area (Å²) >= 11 is 1.52. The van der Waals surface area contributed by atoms with Gasteiger partial charge in [0.15, 0.2) is 5.13 Å². The number of aryl methyl sites for hydroxylation is 1. The molecule has 9 heteroatoms. The maximum atomic E-state index is 5.48. The number of aromatic nitrogens is 4. The van der Waals surface area contributed by atoms with Crippen molar-refractivity contribution in [1.82, 2.24) is 19.9 Å². The number of benzene rings is 2. The highest BCUT2D eigenvalue weighted by Gasteiger charge is 2.15. The van der Waals surface area contributed by atoms with Crippen molar-refractivity contribution < 1.29 is 4.74 Å². The summed E-state index contributed by atoms with van der Waals surface area (Å²) in [5.41, 5.74) is 5.25. The van der Waals surface area contributed by atoms with Crippen LogP contribution in [0.2, 0.25) is 0 Å². The predicted octanol–water partition coefficient (Wildman–Crippen LogP) is 6.35. The van der Waals surface area contributed by atoms with Crippen LogP contribution in [0, 0.1) is 0 Å². The van der Waals surface area contributed by atoms with Gasteiger partial charge in [0, 0.05) is 31.3 Å². The number of thiazole rings is 1. The van der Waals surface area contributed by atoms with Gasteiger partial charge in [-0.25, -0.2) is 15.0 Å². The van der Waals surface area contributed by atoms with Gasteiger partial charge in [0.25, 0.3) is 0 Å². The average Bonchev–Trinajstić information content (AvgIpc) is 3.36. The Morgan fingerprint density at radius 3 is 2.46 bits per heavy atom. The molecule has 198 valence electrons. The molecule has 1 fully saturated rings. The third-order valence-electron chi connectivity index (χ3n) is 6.57. The minimum atomic E-state index is 0.544. The molecule has 1 aliphatic rings. The molecule has 2 N–H and O–H groups in total. The Morgan fingerprint density at radius 1 is 0.846 bits per heavy atom. The zero-order chi connectivity index (χ0) is 26.4. The second-order valence-corrected chi connectivity index (χ2v) is 10.5. The summed E-state index contributed by atoms with van der Waals surface area (Å²) in [6, 6.07) is 24.9. The molecule has 5 aromatic rings. The number of anilines is 5. The zero-order valence-electron chi connectivity index (χ0n) is 21.9. The third-order valence-corrected chi connectivity index (χ3v) is 7.45. The molecule has 3 aromatic heterocycles. The normalized spacial score (nSPS) is 13.5. The maximum Gasteiger partial charge on any atom is 0.229 e. The molecule has 6 rings (SSSR count). The molecule has 4 heterocycles. The van der Waals surface area contributed by atoms with Gasteiger partial charge in [-0.2, -0.15) is 4.98 Å². The van der Waals surface area contributed by atoms with E-state index in [2.05, 4.69) is 58.9 Å². The SMILES string of the molecule is CCCc1ccc(Nc2nc(Cc3ccccc3)cc(Nc3nc4ccc(N5CCOCC5)nc4s3)n2)cc1. The van der Waals surface area contributed by atoms with E-state index >= 15 is 0 Å². The highest BCUT2D eigenvalue weighted by atomic mass is 32.1. The van der Waals surface area contributed by atoms with Crippen molar-refractivity contribution in [2.45, 2.75) is 26.2 Å². The molecule has 0 bridgehead atoms. The van der Waals surface area contributed by atoms with Crippen molar-refractivity contribution in [2.24, 2.45) is 0 Å². The van der Waals surface area contributed by atoms with Crippen LogP contribution < -0.4 is 15.5 Å². The molecule has 0 unspecified atom stereocenters. The van der Waals surface area contributed by atoms with Crippen molar-refractivity contribution in [3.8, 4) is 0 Å². The van der Waals surface area contributed by atoms with Crippen LogP contribution >= 0.6 is 11.3 Å². The number of fused-ring (bicyclic) bond motifs is 1. The maximum absolute atomic E-state index is 5.48. The number of pyridine rings is 1. The molecular weight excluding hydrogens is 506 g/mol. The molecule has 2 aromatic carbocycles. The van der Waals surface area contributed by atoms with E-state index in [0.717, 1.165) is 71.8 Å². The fraction of sp³-hybridized carbons (Fsp3) is 0.267. The Labute approximate surface area is 232 Å². The molecule has 0 atom stereocenters. The number of hydrogen-bond donors (Lipinski definition) is 2. The molecular formula is C30H31N7OS. The van der Waals surface area contributed by atoms with Crippen molar-refractivity contribution in [3.05, 3.63) is 89.6 Å². The number of rotatable bonds is 9. The number of morpholine rings is 1. The van der Waals surface area contributed by atoms with E-state index in [0.29, 0.717) is 18.2 Å². The summed E-state index contributed by atoms with van der Waals surface area (Å²) in [5, 5.41) is 7.55. The van der Waals surface area contributed by atoms with E-state index in [-0.39, 0.29) is 0 Å². The van der Waals surface area contributed by atoms with E-state index in [1.54, 1.807) is 0 Å². The lowest BCUT2D eigenvalue weighted by molar-refractivity contribution is 0.122. The Morgan fingerprint density at radius 2 is 1.67 bits per heavy atom. The van der Waals surface area contributed by atoms with Crippen molar-refractivity contribution in [3.63, 3.8) is 0 Å². The lowest BCUT2D eigenvalue weighted by Gasteiger charge is -2.27. The summed E-state index contributed by atoms with van der Waals surface area (Å²) in [4.78, 5) is 22.4. The molecule has 0 aliphatic carbocycles. The predicted molar refractivity (Wildman–Crippen MR) is 159 cm³/mol. The van der Waals surface area contributed by atoms with Gasteiger partial charge >= 0.3 is 0 Å². The van der Waals surface area contributed by atoms with Gasteiger partial charge in [-0.1, -0.05) is 67.1 Å². The Bertz CT molecular complexity index is 1530. The number of nitrogens with one attached hydrogen (secondary N) is 2. The average molecular weight is 538 g/mol. The van der Waals surface area contributed by atoms with E-state index in [4.69, 9.17) is 24.7 Å². The zero-order valence-corrected chi connectivity index (χ0v) is 22.7. The van der Waals surface area contributed by atoms with Crippen LogP contribution in [-0.4, -0.2) is 46.2 Å². The molecule has 8 nitrogen and oxygen atoms in total. The largest absolute Gasteiger partial charge is 0.378 e. The van der Waals surface area contributed by atoms with Gasteiger partial charge in [0.1, 0.15) is 22.0 Å². The third kappa shape index (κ3) is 6.32. The van der Waals surface area contributed by atoms with Crippen LogP contribution in [0.3, 0.4) is 0 Å². The van der Waals surface area contributed by atoms with Gasteiger partial charge in [0.05, 0.1) is 18.9 Å². The smallest absolute Gasteiger partial charge is 0.229 e. The van der Waals surface area contributed by atoms with E-state index < -0.39 is 0 Å². The fourth-order valence-electron chi connectivity index (χ4n) is 4.62. The first-order valence-corrected chi connectivity index (χ1v) is 14.2. The second-order valence-electron chi connectivity index (χ2n) is 9.54. The quantitative estimate of drug-likeness (QED) is 0.225. The summed E-state index contributed by atoms with van der Waals surface area (Å²) in [5.74, 6) is 2.20. The number of nitrogens with zero attached hydrogens (tertiary/aromatic N) is 5. The monoisotopic (exact) mass is 537 g/mol. The van der Waals surface area contributed by atoms with Crippen LogP contribution in [0.25, 0.3) is 10.3 Å². The van der Waals surface area contributed by atoms with Crippen LogP contribution in [0.15, 0.2) is 72.8 Å². The Kier molecular flexibility index (Phi) is 7.60. The van der Waals surface area contributed by atoms with Crippen molar-refractivity contribution in [2.75, 3.05) is 41.8 Å². The first-order chi connectivity index (χ1) is 19.2. The summed E-state index contributed by atoms with van der Waals surface area (Å²) < 4.78 is 5.48. The Balaban J connectivity index is 1.26. The van der Waals surface area contributed by atoms with Gasteiger partial charge in [-0.05, 0) is 41.8 Å². The van der Waals surface area contributed by atoms with Crippen molar-refractivity contribution >= 4 is 50.1 Å². The van der Waals surface area contributed by atoms with Gasteiger partial charge < -0.3 is 20.3 Å². The second kappa shape index (κ2) is 11.8. The molecule has 0 radical (unpaired) electrons. The van der Waals surface area contributed by atoms with E-state index in [9.17, 15) is 0 Å². The molecule has 0 saturated carbocycles. The number of ether oxygens (including phenoxy) is 1. The van der Waals surface area contributed by atoms with Crippen molar-refractivity contribution in [1.29, 1.82) is 0 Å². The minimum Gasteiger partial charge on any atom is -0.378 e. The van der Waals surface area contributed by atoms with Crippen LogP contribution in [-0.2, 0) is 17.6 Å². The lowest BCUT2D eigenvalue weighted by Crippen LogP contribution is -2.36. The molecule has 1 saturated heterocycles. The Hall–Kier alpha value is -4.08. The molecule has 0 amide bonds. The molecule has 0 spiro atoms. The number of hydrogen-bond acceptors (Lipinski definition) is 9. The van der Waals surface area contributed by atoms with Crippen LogP contribution in [0.1, 0.15) is 30.2 Å². The first kappa shape index (κ1) is 25.2. The van der Waals surface area contributed by atoms with Gasteiger partial charge in [0.2, 0.25) is 5.95 Å². The summed E-state index contributed by atoms with van der Waals surface area (Å²) in [7, 11) is 0. The summed E-state index contributed by atoms with van der Waals surface area (Å²) in [6.07, 6.45) is 2.90. The van der Waals surface area contributed by atoms with Crippen LogP contribution in [0.5, 0.6) is 0 Å². The molecule has 1 aliphatic heterocycles. The highest BCUT2D eigenvalue weighted by Crippen LogP contribution is 2.29. The summed E-state index contributed by atoms with van der Waals surface area (Å²) in [6.45, 7) is 5.35. The minimum absolute atomic E-state index is 0.544. The first-order valence-electron chi connectivity index (χ1n) is 13.4. The topological polar surface area (TPSA) is 88.1 Å². The molecule has 39 heavy (non-hydrogen) atoms.